The summed E-state index contributed by atoms with van der Waals surface area (Å²) in [7, 11) is 1.97. The SMILES string of the molecule is C[n+]1ccc(N2CCC(C(=O)NCCOc3cc(C(=N)N)ccc3CC(=O)C(=O)O)CC2)cc1. The van der Waals surface area contributed by atoms with Crippen molar-refractivity contribution in [1.82, 2.24) is 5.32 Å². The van der Waals surface area contributed by atoms with Gasteiger partial charge in [0.1, 0.15) is 25.2 Å². The first-order chi connectivity index (χ1) is 16.2. The van der Waals surface area contributed by atoms with E-state index in [9.17, 15) is 14.4 Å². The summed E-state index contributed by atoms with van der Waals surface area (Å²) in [6, 6.07) is 8.68. The highest BCUT2D eigenvalue weighted by Gasteiger charge is 2.25. The average molecular weight is 469 g/mol. The van der Waals surface area contributed by atoms with Crippen LogP contribution in [0.4, 0.5) is 5.69 Å². The van der Waals surface area contributed by atoms with E-state index in [1.54, 1.807) is 0 Å². The number of hydrogen-bond acceptors (Lipinski definition) is 6. The van der Waals surface area contributed by atoms with E-state index in [4.69, 9.17) is 21.0 Å². The molecule has 2 aromatic rings. The predicted molar refractivity (Wildman–Crippen MR) is 125 cm³/mol. The first-order valence-electron chi connectivity index (χ1n) is 11.1. The fraction of sp³-hybridized carbons (Fsp3) is 0.375. The zero-order valence-electron chi connectivity index (χ0n) is 19.1. The molecule has 3 rings (SSSR count). The fourth-order valence-corrected chi connectivity index (χ4v) is 3.83. The predicted octanol–water partition coefficient (Wildman–Crippen LogP) is 0.403. The number of benzene rings is 1. The number of nitrogen functional groups attached to an aromatic ring is 1. The molecule has 0 unspecified atom stereocenters. The minimum Gasteiger partial charge on any atom is -0.491 e. The van der Waals surface area contributed by atoms with E-state index in [0.717, 1.165) is 31.6 Å². The minimum atomic E-state index is -1.53. The van der Waals surface area contributed by atoms with Gasteiger partial charge in [0.05, 0.1) is 6.54 Å². The number of aliphatic carboxylic acids is 1. The number of carbonyl (C=O) groups excluding carboxylic acids is 2. The van der Waals surface area contributed by atoms with Gasteiger partial charge in [-0.25, -0.2) is 9.36 Å². The largest absolute Gasteiger partial charge is 0.491 e. The summed E-state index contributed by atoms with van der Waals surface area (Å²) < 4.78 is 7.69. The molecule has 2 heterocycles. The van der Waals surface area contributed by atoms with Crippen LogP contribution in [0.2, 0.25) is 0 Å². The van der Waals surface area contributed by atoms with Crippen LogP contribution in [0, 0.1) is 11.3 Å². The van der Waals surface area contributed by atoms with E-state index >= 15 is 0 Å². The Kier molecular flexibility index (Phi) is 8.18. The Balaban J connectivity index is 1.49. The lowest BCUT2D eigenvalue weighted by atomic mass is 9.95. The second-order valence-electron chi connectivity index (χ2n) is 8.26. The summed E-state index contributed by atoms with van der Waals surface area (Å²) >= 11 is 0. The number of rotatable bonds is 10. The first-order valence-corrected chi connectivity index (χ1v) is 11.1. The Hall–Kier alpha value is -3.95. The molecule has 10 heteroatoms. The molecular weight excluding hydrogens is 438 g/mol. The van der Waals surface area contributed by atoms with E-state index < -0.39 is 11.8 Å². The number of aromatic nitrogens is 1. The number of nitrogens with two attached hydrogens (primary N) is 1. The second kappa shape index (κ2) is 11.3. The summed E-state index contributed by atoms with van der Waals surface area (Å²) in [5, 5.41) is 19.3. The summed E-state index contributed by atoms with van der Waals surface area (Å²) in [6.07, 6.45) is 5.19. The van der Waals surface area contributed by atoms with Crippen molar-refractivity contribution in [3.63, 3.8) is 0 Å². The van der Waals surface area contributed by atoms with Crippen LogP contribution >= 0.6 is 0 Å². The number of carboxylic acid groups (broad SMARTS) is 1. The highest BCUT2D eigenvalue weighted by atomic mass is 16.5. The first kappa shape index (κ1) is 24.7. The zero-order valence-corrected chi connectivity index (χ0v) is 19.1. The molecule has 10 nitrogen and oxygen atoms in total. The molecule has 34 heavy (non-hydrogen) atoms. The second-order valence-corrected chi connectivity index (χ2v) is 8.26. The number of amidine groups is 1. The third-order valence-electron chi connectivity index (χ3n) is 5.82. The number of piperidine rings is 1. The number of aryl methyl sites for hydroxylation is 1. The van der Waals surface area contributed by atoms with Gasteiger partial charge in [-0.05, 0) is 18.9 Å². The van der Waals surface area contributed by atoms with Crippen molar-refractivity contribution in [2.45, 2.75) is 19.3 Å². The summed E-state index contributed by atoms with van der Waals surface area (Å²) in [5.74, 6) is -2.50. The highest BCUT2D eigenvalue weighted by molar-refractivity contribution is 6.33. The number of carbonyl (C=O) groups is 3. The van der Waals surface area contributed by atoms with Crippen molar-refractivity contribution in [1.29, 1.82) is 5.41 Å². The molecule has 0 radical (unpaired) electrons. The molecule has 0 spiro atoms. The Labute approximate surface area is 197 Å². The average Bonchev–Trinajstić information content (AvgIpc) is 2.82. The number of Topliss-reactive ketones (excluding diaryl/α,β-unsaturated/α-hetero) is 1. The Morgan fingerprint density at radius 1 is 1.21 bits per heavy atom. The van der Waals surface area contributed by atoms with Crippen LogP contribution in [0.3, 0.4) is 0 Å². The van der Waals surface area contributed by atoms with Gasteiger partial charge in [-0.1, -0.05) is 12.1 Å². The summed E-state index contributed by atoms with van der Waals surface area (Å²) in [4.78, 5) is 37.4. The lowest BCUT2D eigenvalue weighted by Gasteiger charge is -2.32. The molecular formula is C24H30N5O5+. The van der Waals surface area contributed by atoms with Gasteiger partial charge in [0, 0.05) is 54.4 Å². The maximum atomic E-state index is 12.6. The molecule has 1 fully saturated rings. The van der Waals surface area contributed by atoms with E-state index in [2.05, 4.69) is 22.3 Å². The van der Waals surface area contributed by atoms with Gasteiger partial charge in [0.2, 0.25) is 11.7 Å². The molecule has 0 atom stereocenters. The van der Waals surface area contributed by atoms with E-state index in [-0.39, 0.29) is 43.0 Å². The standard InChI is InChI=1S/C24H29N5O5/c1-28-9-6-19(7-10-28)29-11-4-16(5-12-29)23(31)27-8-13-34-21-15-18(22(25)26)3-2-17(21)14-20(30)24(32)33/h2-3,6-7,9-10,15-16H,4-5,8,11-14H2,1H3,(H4-,25,26,27,31,32,33)/p+1. The van der Waals surface area contributed by atoms with Crippen molar-refractivity contribution in [3.05, 3.63) is 53.9 Å². The number of carboxylic acids is 1. The molecule has 5 N–H and O–H groups in total. The van der Waals surface area contributed by atoms with Crippen LogP contribution in [0.25, 0.3) is 0 Å². The highest BCUT2D eigenvalue weighted by Crippen LogP contribution is 2.23. The van der Waals surface area contributed by atoms with Crippen LogP contribution in [-0.2, 0) is 27.9 Å². The lowest BCUT2D eigenvalue weighted by molar-refractivity contribution is -0.671. The summed E-state index contributed by atoms with van der Waals surface area (Å²) in [5.41, 5.74) is 7.44. The van der Waals surface area contributed by atoms with Crippen molar-refractivity contribution in [2.24, 2.45) is 18.7 Å². The van der Waals surface area contributed by atoms with Crippen molar-refractivity contribution < 1.29 is 28.8 Å². The quantitative estimate of drug-likeness (QED) is 0.130. The van der Waals surface area contributed by atoms with Crippen molar-refractivity contribution in [2.75, 3.05) is 31.1 Å². The third-order valence-corrected chi connectivity index (χ3v) is 5.82. The van der Waals surface area contributed by atoms with Gasteiger partial charge in [0.25, 0.3) is 0 Å². The number of ketones is 1. The van der Waals surface area contributed by atoms with Crippen molar-refractivity contribution in [3.8, 4) is 5.75 Å². The topological polar surface area (TPSA) is 150 Å². The molecule has 1 aromatic carbocycles. The normalized spacial score (nSPS) is 13.9. The van der Waals surface area contributed by atoms with E-state index in [1.165, 1.54) is 18.2 Å². The Bertz CT molecular complexity index is 1060. The van der Waals surface area contributed by atoms with Crippen LogP contribution in [-0.4, -0.2) is 54.8 Å². The van der Waals surface area contributed by atoms with Gasteiger partial charge in [-0.3, -0.25) is 15.0 Å². The monoisotopic (exact) mass is 468 g/mol. The number of hydrogen-bond donors (Lipinski definition) is 4. The zero-order chi connectivity index (χ0) is 24.7. The maximum absolute atomic E-state index is 12.6. The summed E-state index contributed by atoms with van der Waals surface area (Å²) in [6.45, 7) is 1.99. The molecule has 1 amide bonds. The molecule has 0 bridgehead atoms. The smallest absolute Gasteiger partial charge is 0.372 e. The third kappa shape index (κ3) is 6.53. The molecule has 1 aliphatic rings. The number of nitrogens with zero attached hydrogens (tertiary/aromatic N) is 2. The molecule has 0 aliphatic carbocycles. The molecule has 180 valence electrons. The van der Waals surface area contributed by atoms with Gasteiger partial charge in [-0.2, -0.15) is 0 Å². The number of ether oxygens (including phenoxy) is 1. The van der Waals surface area contributed by atoms with E-state index in [0.29, 0.717) is 11.1 Å². The van der Waals surface area contributed by atoms with E-state index in [1.807, 2.05) is 24.0 Å². The lowest BCUT2D eigenvalue weighted by Crippen LogP contribution is -2.41. The van der Waals surface area contributed by atoms with Gasteiger partial charge in [-0.15, -0.1) is 0 Å². The van der Waals surface area contributed by atoms with Crippen LogP contribution in [0.5, 0.6) is 5.75 Å². The molecule has 1 aromatic heterocycles. The maximum Gasteiger partial charge on any atom is 0.372 e. The van der Waals surface area contributed by atoms with Gasteiger partial charge in [0.15, 0.2) is 12.4 Å². The number of anilines is 1. The fourth-order valence-electron chi connectivity index (χ4n) is 3.83. The van der Waals surface area contributed by atoms with Crippen LogP contribution < -0.4 is 25.3 Å². The molecule has 1 aliphatic heterocycles. The molecule has 0 saturated carbocycles. The Morgan fingerprint density at radius 3 is 2.50 bits per heavy atom. The van der Waals surface area contributed by atoms with Crippen LogP contribution in [0.15, 0.2) is 42.7 Å². The minimum absolute atomic E-state index is 0.0264. The number of nitrogens with one attached hydrogen (secondary N) is 2. The Morgan fingerprint density at radius 2 is 1.88 bits per heavy atom. The van der Waals surface area contributed by atoms with Gasteiger partial charge >= 0.3 is 5.97 Å². The van der Waals surface area contributed by atoms with Gasteiger partial charge < -0.3 is 25.8 Å². The number of amides is 1. The van der Waals surface area contributed by atoms with Crippen LogP contribution in [0.1, 0.15) is 24.0 Å². The number of pyridine rings is 1. The van der Waals surface area contributed by atoms with Crippen molar-refractivity contribution >= 4 is 29.2 Å². The molecule has 1 saturated heterocycles.